The van der Waals surface area contributed by atoms with E-state index in [-0.39, 0.29) is 10.8 Å². The van der Waals surface area contributed by atoms with Crippen molar-refractivity contribution < 1.29 is 0 Å². The van der Waals surface area contributed by atoms with Gasteiger partial charge < -0.3 is 0 Å². The molecule has 2 aliphatic rings. The molecule has 0 radical (unpaired) electrons. The SMILES string of the molecule is C/C=C(C)/C=C/C1CC1(CCC)c1ccc2c(c1)C(C(C)(C)C)=CCC2(C)C. The van der Waals surface area contributed by atoms with E-state index in [1.807, 2.05) is 0 Å². The van der Waals surface area contributed by atoms with Crippen LogP contribution in [0.25, 0.3) is 5.57 Å². The van der Waals surface area contributed by atoms with Crippen molar-refractivity contribution >= 4 is 5.57 Å². The highest BCUT2D eigenvalue weighted by atomic mass is 14.6. The average molecular weight is 377 g/mol. The Labute approximate surface area is 173 Å². The van der Waals surface area contributed by atoms with Crippen LogP contribution in [0.3, 0.4) is 0 Å². The van der Waals surface area contributed by atoms with Gasteiger partial charge in [-0.05, 0) is 72.1 Å². The molecule has 1 aromatic carbocycles. The first-order valence-corrected chi connectivity index (χ1v) is 11.2. The third kappa shape index (κ3) is 3.80. The van der Waals surface area contributed by atoms with E-state index in [1.165, 1.54) is 41.5 Å². The molecule has 1 fully saturated rings. The molecule has 0 heterocycles. The van der Waals surface area contributed by atoms with Crippen molar-refractivity contribution in [2.45, 2.75) is 91.9 Å². The van der Waals surface area contributed by atoms with Crippen molar-refractivity contribution in [1.29, 1.82) is 0 Å². The van der Waals surface area contributed by atoms with Gasteiger partial charge in [0, 0.05) is 5.41 Å². The third-order valence-corrected chi connectivity index (χ3v) is 7.11. The highest BCUT2D eigenvalue weighted by molar-refractivity contribution is 5.76. The molecule has 0 aromatic heterocycles. The molecule has 0 N–H and O–H groups in total. The molecule has 0 amide bonds. The molecule has 3 rings (SSSR count). The Morgan fingerprint density at radius 2 is 1.93 bits per heavy atom. The summed E-state index contributed by atoms with van der Waals surface area (Å²) in [4.78, 5) is 0. The minimum Gasteiger partial charge on any atom is -0.0847 e. The van der Waals surface area contributed by atoms with Gasteiger partial charge in [0.15, 0.2) is 0 Å². The second kappa shape index (κ2) is 7.36. The largest absolute Gasteiger partial charge is 0.0847 e. The molecule has 2 atom stereocenters. The van der Waals surface area contributed by atoms with Crippen molar-refractivity contribution in [3.05, 3.63) is 64.8 Å². The monoisotopic (exact) mass is 376 g/mol. The van der Waals surface area contributed by atoms with E-state index in [1.54, 1.807) is 5.56 Å². The fourth-order valence-electron chi connectivity index (χ4n) is 5.11. The van der Waals surface area contributed by atoms with Gasteiger partial charge in [-0.1, -0.05) is 96.0 Å². The van der Waals surface area contributed by atoms with E-state index in [4.69, 9.17) is 0 Å². The van der Waals surface area contributed by atoms with Gasteiger partial charge in [0.2, 0.25) is 0 Å². The summed E-state index contributed by atoms with van der Waals surface area (Å²) in [7, 11) is 0. The molecule has 28 heavy (non-hydrogen) atoms. The smallest absolute Gasteiger partial charge is 0.00222 e. The molecular weight excluding hydrogens is 336 g/mol. The molecule has 0 bridgehead atoms. The number of hydrogen-bond donors (Lipinski definition) is 0. The quantitative estimate of drug-likeness (QED) is 0.453. The van der Waals surface area contributed by atoms with Crippen molar-refractivity contribution in [3.8, 4) is 0 Å². The second-order valence-electron chi connectivity index (χ2n) is 10.8. The lowest BCUT2D eigenvalue weighted by Gasteiger charge is -2.37. The van der Waals surface area contributed by atoms with Crippen LogP contribution in [0, 0.1) is 11.3 Å². The van der Waals surface area contributed by atoms with Crippen LogP contribution in [0.15, 0.2) is 48.1 Å². The maximum atomic E-state index is 2.57. The summed E-state index contributed by atoms with van der Waals surface area (Å²) >= 11 is 0. The molecule has 2 aliphatic carbocycles. The van der Waals surface area contributed by atoms with Gasteiger partial charge in [-0.25, -0.2) is 0 Å². The van der Waals surface area contributed by atoms with Crippen molar-refractivity contribution in [2.24, 2.45) is 11.3 Å². The standard InChI is InChI=1S/C28H40/c1-9-16-28(19-22(28)12-11-20(3)10-2)21-13-14-25-23(18-21)24(26(4,5)6)15-17-27(25,7)8/h10-15,18,22H,9,16-17,19H2,1-8H3/b12-11+,20-10+. The van der Waals surface area contributed by atoms with Gasteiger partial charge in [0.05, 0.1) is 0 Å². The summed E-state index contributed by atoms with van der Waals surface area (Å²) in [5.41, 5.74) is 8.27. The Hall–Kier alpha value is -1.56. The third-order valence-electron chi connectivity index (χ3n) is 7.11. The molecule has 1 aromatic rings. The number of hydrogen-bond acceptors (Lipinski definition) is 0. The fourth-order valence-corrected chi connectivity index (χ4v) is 5.11. The molecule has 1 saturated carbocycles. The van der Waals surface area contributed by atoms with Crippen LogP contribution in [-0.4, -0.2) is 0 Å². The molecule has 0 aliphatic heterocycles. The first-order valence-electron chi connectivity index (χ1n) is 11.2. The van der Waals surface area contributed by atoms with Gasteiger partial charge in [0.25, 0.3) is 0 Å². The van der Waals surface area contributed by atoms with Gasteiger partial charge in [-0.3, -0.25) is 0 Å². The van der Waals surface area contributed by atoms with Gasteiger partial charge in [-0.15, -0.1) is 0 Å². The predicted molar refractivity (Wildman–Crippen MR) is 125 cm³/mol. The second-order valence-corrected chi connectivity index (χ2v) is 10.8. The Morgan fingerprint density at radius 3 is 2.54 bits per heavy atom. The Kier molecular flexibility index (Phi) is 5.56. The number of benzene rings is 1. The Bertz CT molecular complexity index is 822. The summed E-state index contributed by atoms with van der Waals surface area (Å²) < 4.78 is 0. The molecule has 0 saturated heterocycles. The van der Waals surface area contributed by atoms with Crippen molar-refractivity contribution in [1.82, 2.24) is 0 Å². The van der Waals surface area contributed by atoms with Gasteiger partial charge >= 0.3 is 0 Å². The summed E-state index contributed by atoms with van der Waals surface area (Å²) in [5.74, 6) is 0.680. The number of fused-ring (bicyclic) bond motifs is 1. The Morgan fingerprint density at radius 1 is 1.21 bits per heavy atom. The van der Waals surface area contributed by atoms with E-state index in [0.29, 0.717) is 11.3 Å². The summed E-state index contributed by atoms with van der Waals surface area (Å²) in [6.07, 6.45) is 14.5. The first-order chi connectivity index (χ1) is 13.0. The highest BCUT2D eigenvalue weighted by Crippen LogP contribution is 2.59. The average Bonchev–Trinajstić information content (AvgIpc) is 3.32. The van der Waals surface area contributed by atoms with Crippen molar-refractivity contribution in [2.75, 3.05) is 0 Å². The van der Waals surface area contributed by atoms with E-state index in [0.717, 1.165) is 6.42 Å². The maximum Gasteiger partial charge on any atom is 0.00222 e. The normalized spacial score (nSPS) is 26.9. The van der Waals surface area contributed by atoms with E-state index < -0.39 is 0 Å². The van der Waals surface area contributed by atoms with Crippen LogP contribution in [0.4, 0.5) is 0 Å². The van der Waals surface area contributed by atoms with Gasteiger partial charge in [0.1, 0.15) is 0 Å². The van der Waals surface area contributed by atoms with Crippen LogP contribution in [0.5, 0.6) is 0 Å². The molecule has 2 unspecified atom stereocenters. The lowest BCUT2D eigenvalue weighted by Crippen LogP contribution is -2.25. The van der Waals surface area contributed by atoms with Crippen LogP contribution in [0.2, 0.25) is 0 Å². The lowest BCUT2D eigenvalue weighted by molar-refractivity contribution is 0.502. The first kappa shape index (κ1) is 21.2. The summed E-state index contributed by atoms with van der Waals surface area (Å²) in [6.45, 7) is 18.5. The van der Waals surface area contributed by atoms with Crippen LogP contribution >= 0.6 is 0 Å². The zero-order valence-electron chi connectivity index (χ0n) is 19.4. The lowest BCUT2D eigenvalue weighted by atomic mass is 9.67. The molecular formula is C28H40. The molecule has 0 nitrogen and oxygen atoms in total. The fraction of sp³-hybridized carbons (Fsp3) is 0.571. The number of rotatable bonds is 5. The molecule has 0 spiro atoms. The predicted octanol–water partition coefficient (Wildman–Crippen LogP) is 8.38. The molecule has 0 heteroatoms. The van der Waals surface area contributed by atoms with E-state index in [2.05, 4.69) is 97.9 Å². The minimum atomic E-state index is 0.188. The summed E-state index contributed by atoms with van der Waals surface area (Å²) in [5, 5.41) is 0. The zero-order valence-corrected chi connectivity index (χ0v) is 19.4. The van der Waals surface area contributed by atoms with Crippen LogP contribution in [-0.2, 0) is 10.8 Å². The summed E-state index contributed by atoms with van der Waals surface area (Å²) in [6, 6.07) is 7.48. The topological polar surface area (TPSA) is 0 Å². The van der Waals surface area contributed by atoms with Crippen LogP contribution < -0.4 is 0 Å². The maximum absolute atomic E-state index is 2.57. The highest BCUT2D eigenvalue weighted by Gasteiger charge is 2.53. The van der Waals surface area contributed by atoms with Crippen LogP contribution in [0.1, 0.15) is 97.8 Å². The minimum absolute atomic E-state index is 0.188. The van der Waals surface area contributed by atoms with E-state index >= 15 is 0 Å². The van der Waals surface area contributed by atoms with Crippen molar-refractivity contribution in [3.63, 3.8) is 0 Å². The number of allylic oxidation sites excluding steroid dienone is 6. The van der Waals surface area contributed by atoms with E-state index in [9.17, 15) is 0 Å². The zero-order chi connectivity index (χ0) is 20.7. The Balaban J connectivity index is 2.04. The molecule has 152 valence electrons. The van der Waals surface area contributed by atoms with Gasteiger partial charge in [-0.2, -0.15) is 0 Å².